The Bertz CT molecular complexity index is 152. The van der Waals surface area contributed by atoms with Crippen LogP contribution in [0.5, 0.6) is 0 Å². The van der Waals surface area contributed by atoms with Crippen molar-refractivity contribution in [2.24, 2.45) is 0 Å². The van der Waals surface area contributed by atoms with Crippen LogP contribution in [-0.2, 0) is 4.79 Å². The van der Waals surface area contributed by atoms with E-state index in [1.54, 1.807) is 0 Å². The van der Waals surface area contributed by atoms with E-state index >= 15 is 0 Å². The molecule has 2 unspecified atom stereocenters. The molecule has 0 aliphatic carbocycles. The minimum Gasteiger partial charge on any atom is -0.483 e. The van der Waals surface area contributed by atoms with Crippen LogP contribution >= 0.6 is 0 Å². The molecule has 2 rings (SSSR count). The number of nitrogens with one attached hydrogen (secondary N) is 2. The zero-order valence-electron chi connectivity index (χ0n) is 6.85. The SMILES string of the molecule is CC12CNCC1(C)N2.O=CO. The fourth-order valence-corrected chi connectivity index (χ4v) is 1.62. The van der Waals surface area contributed by atoms with Crippen LogP contribution in [0.25, 0.3) is 0 Å². The second-order valence-electron chi connectivity index (χ2n) is 3.50. The molecule has 64 valence electrons. The highest BCUT2D eigenvalue weighted by Gasteiger charge is 2.63. The van der Waals surface area contributed by atoms with E-state index in [4.69, 9.17) is 9.90 Å². The molecule has 2 saturated heterocycles. The Morgan fingerprint density at radius 1 is 1.36 bits per heavy atom. The highest BCUT2D eigenvalue weighted by molar-refractivity contribution is 5.32. The third kappa shape index (κ3) is 1.23. The summed E-state index contributed by atoms with van der Waals surface area (Å²) in [5.74, 6) is 0. The van der Waals surface area contributed by atoms with Crippen LogP contribution in [0.1, 0.15) is 13.8 Å². The van der Waals surface area contributed by atoms with E-state index in [1.165, 1.54) is 0 Å². The summed E-state index contributed by atoms with van der Waals surface area (Å²) in [6.45, 7) is 6.58. The first-order valence-electron chi connectivity index (χ1n) is 3.66. The Morgan fingerprint density at radius 3 is 1.82 bits per heavy atom. The molecule has 0 saturated carbocycles. The van der Waals surface area contributed by atoms with E-state index in [1.807, 2.05) is 0 Å². The van der Waals surface area contributed by atoms with Gasteiger partial charge in [0.2, 0.25) is 0 Å². The van der Waals surface area contributed by atoms with Crippen molar-refractivity contribution >= 4 is 6.47 Å². The Labute approximate surface area is 66.0 Å². The van der Waals surface area contributed by atoms with E-state index in [2.05, 4.69) is 24.5 Å². The summed E-state index contributed by atoms with van der Waals surface area (Å²) < 4.78 is 0. The molecular weight excluding hydrogens is 144 g/mol. The third-order valence-electron chi connectivity index (χ3n) is 2.66. The van der Waals surface area contributed by atoms with Crippen molar-refractivity contribution in [1.82, 2.24) is 10.6 Å². The smallest absolute Gasteiger partial charge is 0.290 e. The first-order chi connectivity index (χ1) is 5.08. The number of fused-ring (bicyclic) bond motifs is 1. The molecule has 0 bridgehead atoms. The predicted octanol–water partition coefficient (Wildman–Crippen LogP) is -0.589. The van der Waals surface area contributed by atoms with Crippen molar-refractivity contribution < 1.29 is 9.90 Å². The maximum Gasteiger partial charge on any atom is 0.290 e. The van der Waals surface area contributed by atoms with Crippen molar-refractivity contribution in [3.05, 3.63) is 0 Å². The summed E-state index contributed by atoms with van der Waals surface area (Å²) in [4.78, 5) is 8.36. The van der Waals surface area contributed by atoms with Crippen LogP contribution in [0.15, 0.2) is 0 Å². The fourth-order valence-electron chi connectivity index (χ4n) is 1.62. The Balaban J connectivity index is 0.000000179. The molecule has 2 heterocycles. The molecule has 4 nitrogen and oxygen atoms in total. The summed E-state index contributed by atoms with van der Waals surface area (Å²) in [5.41, 5.74) is 0.875. The van der Waals surface area contributed by atoms with E-state index in [9.17, 15) is 0 Å². The van der Waals surface area contributed by atoms with Gasteiger partial charge in [-0.3, -0.25) is 4.79 Å². The molecule has 4 heteroatoms. The Morgan fingerprint density at radius 2 is 1.73 bits per heavy atom. The lowest BCUT2D eigenvalue weighted by Gasteiger charge is -1.97. The van der Waals surface area contributed by atoms with E-state index in [0.717, 1.165) is 13.1 Å². The van der Waals surface area contributed by atoms with Crippen molar-refractivity contribution in [2.75, 3.05) is 13.1 Å². The van der Waals surface area contributed by atoms with Gasteiger partial charge in [0, 0.05) is 24.2 Å². The zero-order chi connectivity index (χ0) is 8.54. The molecule has 2 atom stereocenters. The molecule has 11 heavy (non-hydrogen) atoms. The monoisotopic (exact) mass is 158 g/mol. The highest BCUT2D eigenvalue weighted by Crippen LogP contribution is 2.40. The lowest BCUT2D eigenvalue weighted by atomic mass is 10.0. The molecule has 2 fully saturated rings. The molecule has 2 aliphatic heterocycles. The minimum atomic E-state index is -0.250. The van der Waals surface area contributed by atoms with Gasteiger partial charge in [0.1, 0.15) is 0 Å². The van der Waals surface area contributed by atoms with Crippen molar-refractivity contribution in [2.45, 2.75) is 24.9 Å². The van der Waals surface area contributed by atoms with Gasteiger partial charge < -0.3 is 15.7 Å². The molecule has 0 aromatic carbocycles. The van der Waals surface area contributed by atoms with Crippen LogP contribution < -0.4 is 10.6 Å². The maximum atomic E-state index is 8.36. The number of hydrogen-bond acceptors (Lipinski definition) is 3. The quantitative estimate of drug-likeness (QED) is 0.325. The predicted molar refractivity (Wildman–Crippen MR) is 41.5 cm³/mol. The second-order valence-corrected chi connectivity index (χ2v) is 3.50. The molecule has 0 aromatic heterocycles. The van der Waals surface area contributed by atoms with E-state index in [0.29, 0.717) is 11.1 Å². The molecule has 0 amide bonds. The molecular formula is C7H14N2O2. The van der Waals surface area contributed by atoms with E-state index < -0.39 is 0 Å². The molecule has 0 radical (unpaired) electrons. The van der Waals surface area contributed by atoms with Crippen LogP contribution in [0.4, 0.5) is 0 Å². The molecule has 0 spiro atoms. The van der Waals surface area contributed by atoms with E-state index in [-0.39, 0.29) is 6.47 Å². The van der Waals surface area contributed by atoms with Crippen molar-refractivity contribution in [1.29, 1.82) is 0 Å². The van der Waals surface area contributed by atoms with Crippen LogP contribution in [0.2, 0.25) is 0 Å². The molecule has 3 N–H and O–H groups in total. The second kappa shape index (κ2) is 2.46. The van der Waals surface area contributed by atoms with Gasteiger partial charge >= 0.3 is 0 Å². The summed E-state index contributed by atoms with van der Waals surface area (Å²) in [6, 6.07) is 0. The van der Waals surface area contributed by atoms with Gasteiger partial charge in [0.15, 0.2) is 0 Å². The lowest BCUT2D eigenvalue weighted by molar-refractivity contribution is -0.122. The largest absolute Gasteiger partial charge is 0.483 e. The van der Waals surface area contributed by atoms with Crippen LogP contribution in [0, 0.1) is 0 Å². The maximum absolute atomic E-state index is 8.36. The van der Waals surface area contributed by atoms with Gasteiger partial charge in [-0.2, -0.15) is 0 Å². The van der Waals surface area contributed by atoms with Crippen molar-refractivity contribution in [3.8, 4) is 0 Å². The summed E-state index contributed by atoms with van der Waals surface area (Å²) in [6.07, 6.45) is 0. The Kier molecular flexibility index (Phi) is 1.90. The minimum absolute atomic E-state index is 0.250. The number of carboxylic acid groups (broad SMARTS) is 1. The normalized spacial score (nSPS) is 45.3. The summed E-state index contributed by atoms with van der Waals surface area (Å²) in [7, 11) is 0. The first-order valence-corrected chi connectivity index (χ1v) is 3.66. The fraction of sp³-hybridized carbons (Fsp3) is 0.857. The number of carbonyl (C=O) groups is 1. The lowest BCUT2D eigenvalue weighted by Crippen LogP contribution is -2.25. The third-order valence-corrected chi connectivity index (χ3v) is 2.66. The van der Waals surface area contributed by atoms with Gasteiger partial charge in [-0.15, -0.1) is 0 Å². The van der Waals surface area contributed by atoms with Gasteiger partial charge in [-0.05, 0) is 13.8 Å². The first kappa shape index (κ1) is 8.49. The van der Waals surface area contributed by atoms with Crippen LogP contribution in [-0.4, -0.2) is 35.7 Å². The zero-order valence-corrected chi connectivity index (χ0v) is 6.85. The van der Waals surface area contributed by atoms with Gasteiger partial charge in [0.25, 0.3) is 6.47 Å². The van der Waals surface area contributed by atoms with Crippen LogP contribution in [0.3, 0.4) is 0 Å². The Hall–Kier alpha value is -0.610. The average molecular weight is 158 g/mol. The van der Waals surface area contributed by atoms with Gasteiger partial charge in [-0.1, -0.05) is 0 Å². The van der Waals surface area contributed by atoms with Gasteiger partial charge in [0.05, 0.1) is 0 Å². The summed E-state index contributed by atoms with van der Waals surface area (Å²) >= 11 is 0. The van der Waals surface area contributed by atoms with Gasteiger partial charge in [-0.25, -0.2) is 0 Å². The molecule has 0 aromatic rings. The highest BCUT2D eigenvalue weighted by atomic mass is 16.3. The number of hydrogen-bond donors (Lipinski definition) is 3. The number of rotatable bonds is 0. The topological polar surface area (TPSA) is 71.3 Å². The summed E-state index contributed by atoms with van der Waals surface area (Å²) in [5, 5.41) is 13.7. The standard InChI is InChI=1S/C6H12N2.CH2O2/c1-5-3-7-4-6(5,2)8-5;2-1-3/h7-8H,3-4H2,1-2H3;1H,(H,2,3). The average Bonchev–Trinajstić information content (AvgIpc) is 2.26. The number of piperazine rings is 1. The molecule has 2 aliphatic rings. The van der Waals surface area contributed by atoms with Crippen molar-refractivity contribution in [3.63, 3.8) is 0 Å².